The number of unbranched alkanes of at least 4 members (excludes halogenated alkanes) is 5. The molecule has 2 nitrogen and oxygen atoms in total. The summed E-state index contributed by atoms with van der Waals surface area (Å²) in [5.74, 6) is 0.979. The Labute approximate surface area is 166 Å². The highest BCUT2D eigenvalue weighted by Crippen LogP contribution is 2.24. The number of hydrogen-bond donors (Lipinski definition) is 0. The van der Waals surface area contributed by atoms with E-state index in [0.29, 0.717) is 6.10 Å². The van der Waals surface area contributed by atoms with E-state index < -0.39 is 0 Å². The summed E-state index contributed by atoms with van der Waals surface area (Å²) in [5.41, 5.74) is 0. The van der Waals surface area contributed by atoms with E-state index in [1.54, 1.807) is 0 Å². The minimum Gasteiger partial charge on any atom is -0.494 e. The molecule has 0 N–H and O–H groups in total. The summed E-state index contributed by atoms with van der Waals surface area (Å²) in [6.45, 7) is 1.80. The smallest absolute Gasteiger partial charge is 0.119 e. The Morgan fingerprint density at radius 3 is 2.50 bits per heavy atom. The predicted octanol–water partition coefficient (Wildman–Crippen LogP) is 7.28. The van der Waals surface area contributed by atoms with Gasteiger partial charge in [0.15, 0.2) is 0 Å². The first kappa shape index (κ1) is 19.7. The number of halogens is 1. The molecule has 1 fully saturated rings. The lowest BCUT2D eigenvalue weighted by Crippen LogP contribution is -2.18. The van der Waals surface area contributed by atoms with Crippen LogP contribution in [0.2, 0.25) is 0 Å². The lowest BCUT2D eigenvalue weighted by molar-refractivity contribution is 0.00977. The minimum absolute atomic E-state index is 0.556. The van der Waals surface area contributed by atoms with Crippen LogP contribution >= 0.6 is 15.9 Å². The fraction of sp³-hybridized carbons (Fsp3) is 0.565. The van der Waals surface area contributed by atoms with Gasteiger partial charge in [-0.1, -0.05) is 60.2 Å². The van der Waals surface area contributed by atoms with E-state index in [1.807, 2.05) is 0 Å². The summed E-state index contributed by atoms with van der Waals surface area (Å²) in [4.78, 5) is 0. The van der Waals surface area contributed by atoms with Crippen molar-refractivity contribution in [2.45, 2.75) is 70.3 Å². The summed E-state index contributed by atoms with van der Waals surface area (Å²) in [6.07, 6.45) is 13.5. The van der Waals surface area contributed by atoms with Gasteiger partial charge in [0.1, 0.15) is 5.75 Å². The molecule has 1 atom stereocenters. The van der Waals surface area contributed by atoms with Crippen molar-refractivity contribution in [1.82, 2.24) is 0 Å². The van der Waals surface area contributed by atoms with Gasteiger partial charge in [-0.25, -0.2) is 0 Å². The second-order valence-corrected chi connectivity index (χ2v) is 8.32. The molecule has 0 radical (unpaired) electrons. The van der Waals surface area contributed by atoms with Gasteiger partial charge in [0.2, 0.25) is 0 Å². The minimum atomic E-state index is 0.556. The van der Waals surface area contributed by atoms with Crippen LogP contribution in [0.15, 0.2) is 40.9 Å². The van der Waals surface area contributed by atoms with Crippen LogP contribution in [0, 0.1) is 0 Å². The molecule has 1 saturated heterocycles. The Hall–Kier alpha value is -1.06. The SMILES string of the molecule is Brc1ccc2cc(OCCCCCCCCC3CCCCO3)ccc2c1. The third-order valence-corrected chi connectivity index (χ3v) is 5.73. The standard InChI is InChI=1S/C23H31BrO2/c24-21-13-11-20-18-23(14-12-19(20)17-21)26-15-7-4-2-1-3-5-9-22-10-6-8-16-25-22/h11-14,17-18,22H,1-10,15-16H2. The van der Waals surface area contributed by atoms with Crippen molar-refractivity contribution < 1.29 is 9.47 Å². The highest BCUT2D eigenvalue weighted by molar-refractivity contribution is 9.10. The molecule has 0 amide bonds. The summed E-state index contributed by atoms with van der Waals surface area (Å²) in [7, 11) is 0. The predicted molar refractivity (Wildman–Crippen MR) is 113 cm³/mol. The Morgan fingerprint density at radius 1 is 0.885 bits per heavy atom. The fourth-order valence-corrected chi connectivity index (χ4v) is 4.07. The summed E-state index contributed by atoms with van der Waals surface area (Å²) >= 11 is 3.52. The topological polar surface area (TPSA) is 18.5 Å². The number of benzene rings is 2. The fourth-order valence-electron chi connectivity index (χ4n) is 3.69. The van der Waals surface area contributed by atoms with E-state index in [0.717, 1.165) is 29.9 Å². The quantitative estimate of drug-likeness (QED) is 0.377. The first-order valence-corrected chi connectivity index (χ1v) is 11.0. The maximum atomic E-state index is 5.92. The first-order chi connectivity index (χ1) is 12.8. The summed E-state index contributed by atoms with van der Waals surface area (Å²) in [6, 6.07) is 12.7. The summed E-state index contributed by atoms with van der Waals surface area (Å²) in [5, 5.41) is 2.47. The molecule has 0 bridgehead atoms. The Kier molecular flexibility index (Phi) is 8.28. The number of rotatable bonds is 10. The molecule has 3 heteroatoms. The number of fused-ring (bicyclic) bond motifs is 1. The van der Waals surface area contributed by atoms with Crippen molar-refractivity contribution in [3.05, 3.63) is 40.9 Å². The number of ether oxygens (including phenoxy) is 2. The van der Waals surface area contributed by atoms with Crippen LogP contribution in [0.3, 0.4) is 0 Å². The van der Waals surface area contributed by atoms with Crippen LogP contribution < -0.4 is 4.74 Å². The van der Waals surface area contributed by atoms with Crippen molar-refractivity contribution in [3.8, 4) is 5.75 Å². The average molecular weight is 419 g/mol. The molecule has 1 unspecified atom stereocenters. The molecular formula is C23H31BrO2. The van der Waals surface area contributed by atoms with Crippen molar-refractivity contribution in [2.75, 3.05) is 13.2 Å². The first-order valence-electron chi connectivity index (χ1n) is 10.2. The van der Waals surface area contributed by atoms with Crippen LogP contribution in [0.4, 0.5) is 0 Å². The molecular weight excluding hydrogens is 388 g/mol. The zero-order valence-electron chi connectivity index (χ0n) is 15.7. The van der Waals surface area contributed by atoms with E-state index in [9.17, 15) is 0 Å². The monoisotopic (exact) mass is 418 g/mol. The lowest BCUT2D eigenvalue weighted by Gasteiger charge is -2.22. The third-order valence-electron chi connectivity index (χ3n) is 5.24. The van der Waals surface area contributed by atoms with Crippen LogP contribution in [0.5, 0.6) is 5.75 Å². The van der Waals surface area contributed by atoms with Crippen LogP contribution in [0.1, 0.15) is 64.2 Å². The molecule has 26 heavy (non-hydrogen) atoms. The molecule has 1 aliphatic heterocycles. The van der Waals surface area contributed by atoms with Crippen molar-refractivity contribution in [2.24, 2.45) is 0 Å². The number of hydrogen-bond acceptors (Lipinski definition) is 2. The summed E-state index contributed by atoms with van der Waals surface area (Å²) < 4.78 is 12.8. The molecule has 2 aromatic carbocycles. The third kappa shape index (κ3) is 6.59. The van der Waals surface area contributed by atoms with Crippen LogP contribution in [-0.4, -0.2) is 19.3 Å². The van der Waals surface area contributed by atoms with Crippen molar-refractivity contribution in [3.63, 3.8) is 0 Å². The van der Waals surface area contributed by atoms with Gasteiger partial charge in [-0.05, 0) is 67.1 Å². The molecule has 1 heterocycles. The van der Waals surface area contributed by atoms with Crippen LogP contribution in [0.25, 0.3) is 10.8 Å². The molecule has 142 valence electrons. The molecule has 0 saturated carbocycles. The molecule has 0 aromatic heterocycles. The molecule has 0 aliphatic carbocycles. The maximum Gasteiger partial charge on any atom is 0.119 e. The van der Waals surface area contributed by atoms with Gasteiger partial charge in [0.05, 0.1) is 12.7 Å². The van der Waals surface area contributed by atoms with Gasteiger partial charge in [-0.2, -0.15) is 0 Å². The normalized spacial score (nSPS) is 17.5. The second-order valence-electron chi connectivity index (χ2n) is 7.40. The molecule has 1 aliphatic rings. The van der Waals surface area contributed by atoms with Gasteiger partial charge >= 0.3 is 0 Å². The van der Waals surface area contributed by atoms with Gasteiger partial charge in [0, 0.05) is 11.1 Å². The van der Waals surface area contributed by atoms with Gasteiger partial charge in [-0.15, -0.1) is 0 Å². The van der Waals surface area contributed by atoms with E-state index in [-0.39, 0.29) is 0 Å². The zero-order valence-corrected chi connectivity index (χ0v) is 17.3. The largest absolute Gasteiger partial charge is 0.494 e. The highest BCUT2D eigenvalue weighted by Gasteiger charge is 2.12. The van der Waals surface area contributed by atoms with Gasteiger partial charge in [-0.3, -0.25) is 0 Å². The van der Waals surface area contributed by atoms with Crippen molar-refractivity contribution in [1.29, 1.82) is 0 Å². The zero-order chi connectivity index (χ0) is 18.0. The van der Waals surface area contributed by atoms with E-state index in [1.165, 1.54) is 68.6 Å². The van der Waals surface area contributed by atoms with E-state index in [2.05, 4.69) is 52.3 Å². The Morgan fingerprint density at radius 2 is 1.65 bits per heavy atom. The van der Waals surface area contributed by atoms with E-state index in [4.69, 9.17) is 9.47 Å². The van der Waals surface area contributed by atoms with Crippen LogP contribution in [-0.2, 0) is 4.74 Å². The Bertz CT molecular complexity index is 664. The van der Waals surface area contributed by atoms with E-state index >= 15 is 0 Å². The lowest BCUT2D eigenvalue weighted by atomic mass is 10.0. The molecule has 2 aromatic rings. The maximum absolute atomic E-state index is 5.92. The second kappa shape index (κ2) is 10.9. The average Bonchev–Trinajstić information content (AvgIpc) is 2.67. The highest BCUT2D eigenvalue weighted by atomic mass is 79.9. The van der Waals surface area contributed by atoms with Crippen molar-refractivity contribution >= 4 is 26.7 Å². The van der Waals surface area contributed by atoms with Gasteiger partial charge in [0.25, 0.3) is 0 Å². The molecule has 3 rings (SSSR count). The molecule has 0 spiro atoms. The Balaban J connectivity index is 1.22. The van der Waals surface area contributed by atoms with Gasteiger partial charge < -0.3 is 9.47 Å².